The van der Waals surface area contributed by atoms with E-state index in [4.69, 9.17) is 32.8 Å². The van der Waals surface area contributed by atoms with Gasteiger partial charge < -0.3 is 32.8 Å². The van der Waals surface area contributed by atoms with Crippen LogP contribution in [0, 0.1) is 5.92 Å². The monoisotopic (exact) mass is 756 g/mol. The van der Waals surface area contributed by atoms with E-state index in [2.05, 4.69) is 115 Å². The molecule has 0 aromatic heterocycles. The first-order chi connectivity index (χ1) is 25.8. The van der Waals surface area contributed by atoms with Crippen LogP contribution >= 0.6 is 0 Å². The molecule has 3 aromatic carbocycles. The molecule has 54 heavy (non-hydrogen) atoms. The lowest BCUT2D eigenvalue weighted by Crippen LogP contribution is -2.62. The maximum Gasteiger partial charge on any atom is 0.193 e. The van der Waals surface area contributed by atoms with E-state index in [9.17, 15) is 0 Å². The fourth-order valence-corrected chi connectivity index (χ4v) is 9.14. The number of hydrogen-bond donors (Lipinski definition) is 0. The molecule has 0 radical (unpaired) electrons. The van der Waals surface area contributed by atoms with Crippen LogP contribution in [0.1, 0.15) is 83.4 Å². The Morgan fingerprint density at radius 3 is 1.93 bits per heavy atom. The van der Waals surface area contributed by atoms with Gasteiger partial charge in [-0.3, -0.25) is 0 Å². The maximum atomic E-state index is 7.32. The minimum Gasteiger partial charge on any atom is -0.490 e. The lowest BCUT2D eigenvalue weighted by molar-refractivity contribution is -0.277. The number of fused-ring (bicyclic) bond motifs is 2. The smallest absolute Gasteiger partial charge is 0.193 e. The number of ether oxygens (including phenoxy) is 6. The molecule has 0 spiro atoms. The highest BCUT2D eigenvalue weighted by Crippen LogP contribution is 2.46. The molecular formula is C46H64O7Si. The molecule has 3 saturated heterocycles. The van der Waals surface area contributed by atoms with Gasteiger partial charge in [0.1, 0.15) is 23.6 Å². The lowest BCUT2D eigenvalue weighted by Gasteiger charge is -2.51. The summed E-state index contributed by atoms with van der Waals surface area (Å²) in [7, 11) is -2.07. The van der Waals surface area contributed by atoms with Crippen molar-refractivity contribution >= 4 is 8.32 Å². The molecular weight excluding hydrogens is 693 g/mol. The zero-order valence-corrected chi connectivity index (χ0v) is 34.7. The number of hydrogen-bond acceptors (Lipinski definition) is 7. The minimum atomic E-state index is -2.07. The Morgan fingerprint density at radius 1 is 0.759 bits per heavy atom. The van der Waals surface area contributed by atoms with Crippen LogP contribution in [0.2, 0.25) is 18.1 Å². The molecule has 0 amide bonds. The molecule has 9 atom stereocenters. The molecule has 8 heteroatoms. The Morgan fingerprint density at radius 2 is 1.33 bits per heavy atom. The highest BCUT2D eigenvalue weighted by atomic mass is 28.4. The predicted octanol–water partition coefficient (Wildman–Crippen LogP) is 10.2. The SMILES string of the molecule is C=C1O[C@H]2C[C@H]3O[C@@H](CCOCc4ccccc4)[C@H](OCc4ccccc4)C[C@@H](OCc4ccccc4)[C@]3(C)O[C@@H]2C[C@H](C)C[C@@H]1O[Si](C)(C)C(C)(C)C. The summed E-state index contributed by atoms with van der Waals surface area (Å²) in [5, 5.41) is 0.0824. The highest BCUT2D eigenvalue weighted by molar-refractivity contribution is 6.74. The fraction of sp³-hybridized carbons (Fsp3) is 0.565. The second kappa shape index (κ2) is 18.0. The maximum absolute atomic E-state index is 7.32. The van der Waals surface area contributed by atoms with Gasteiger partial charge in [0.05, 0.1) is 50.3 Å². The van der Waals surface area contributed by atoms with E-state index < -0.39 is 13.9 Å². The molecule has 0 saturated carbocycles. The van der Waals surface area contributed by atoms with Crippen molar-refractivity contribution in [2.75, 3.05) is 6.61 Å². The average Bonchev–Trinajstić information content (AvgIpc) is 3.25. The Kier molecular flexibility index (Phi) is 13.6. The average molecular weight is 757 g/mol. The fourth-order valence-electron chi connectivity index (χ4n) is 7.85. The van der Waals surface area contributed by atoms with Crippen LogP contribution in [-0.2, 0) is 52.7 Å². The van der Waals surface area contributed by atoms with Gasteiger partial charge in [0.25, 0.3) is 0 Å². The van der Waals surface area contributed by atoms with Crippen LogP contribution < -0.4 is 0 Å². The topological polar surface area (TPSA) is 64.6 Å². The summed E-state index contributed by atoms with van der Waals surface area (Å²) < 4.78 is 48.3. The third-order valence-corrected chi connectivity index (χ3v) is 16.6. The third-order valence-electron chi connectivity index (χ3n) is 12.2. The van der Waals surface area contributed by atoms with E-state index in [1.54, 1.807) is 0 Å². The summed E-state index contributed by atoms with van der Waals surface area (Å²) in [4.78, 5) is 0. The first kappa shape index (κ1) is 40.8. The van der Waals surface area contributed by atoms with Crippen molar-refractivity contribution in [3.63, 3.8) is 0 Å². The first-order valence-electron chi connectivity index (χ1n) is 20.1. The van der Waals surface area contributed by atoms with E-state index in [0.717, 1.165) is 29.5 Å². The summed E-state index contributed by atoms with van der Waals surface area (Å²) in [6.45, 7) is 22.4. The van der Waals surface area contributed by atoms with Gasteiger partial charge in [0.15, 0.2) is 8.32 Å². The molecule has 3 aromatic rings. The van der Waals surface area contributed by atoms with Gasteiger partial charge in [-0.25, -0.2) is 0 Å². The molecule has 3 fully saturated rings. The Hall–Kier alpha value is -2.82. The van der Waals surface area contributed by atoms with Crippen molar-refractivity contribution < 1.29 is 32.8 Å². The summed E-state index contributed by atoms with van der Waals surface area (Å²) in [6.07, 6.45) is 2.02. The largest absolute Gasteiger partial charge is 0.490 e. The third kappa shape index (κ3) is 10.3. The van der Waals surface area contributed by atoms with E-state index in [-0.39, 0.29) is 47.8 Å². The first-order valence-corrected chi connectivity index (χ1v) is 23.0. The summed E-state index contributed by atoms with van der Waals surface area (Å²) in [5.74, 6) is 1.05. The lowest BCUT2D eigenvalue weighted by atomic mass is 9.80. The second-order valence-corrected chi connectivity index (χ2v) is 22.2. The van der Waals surface area contributed by atoms with Gasteiger partial charge in [-0.05, 0) is 66.9 Å². The Labute approximate surface area is 325 Å². The highest BCUT2D eigenvalue weighted by Gasteiger charge is 2.57. The van der Waals surface area contributed by atoms with Crippen LogP contribution in [0.15, 0.2) is 103 Å². The van der Waals surface area contributed by atoms with Crippen LogP contribution in [0.25, 0.3) is 0 Å². The van der Waals surface area contributed by atoms with Crippen LogP contribution in [-0.4, -0.2) is 63.3 Å². The van der Waals surface area contributed by atoms with Gasteiger partial charge in [-0.15, -0.1) is 0 Å². The van der Waals surface area contributed by atoms with Crippen molar-refractivity contribution in [3.8, 4) is 0 Å². The summed E-state index contributed by atoms with van der Waals surface area (Å²) in [5.41, 5.74) is 2.65. The molecule has 6 rings (SSSR count). The van der Waals surface area contributed by atoms with Gasteiger partial charge in [-0.1, -0.05) is 125 Å². The minimum absolute atomic E-state index is 0.0824. The molecule has 3 aliphatic rings. The second-order valence-electron chi connectivity index (χ2n) is 17.5. The van der Waals surface area contributed by atoms with Gasteiger partial charge in [0.2, 0.25) is 0 Å². The standard InChI is InChI=1S/C46H64O7Si/c1-33-26-39(53-54(7,8)45(3,4)5)34(2)50-41-29-44-46(6,52-42(41)27-33)43(49-32-37-22-16-11-17-23-37)28-40(48-31-36-20-14-10-15-21-36)38(51-44)24-25-47-30-35-18-12-9-13-19-35/h9-23,33,38-44H,2,24-32H2,1,3-8H3/t33-,38+,39+,40-,41+,42-,43-,44-,46+/m1/s1. The molecule has 3 aliphatic heterocycles. The zero-order valence-electron chi connectivity index (χ0n) is 33.7. The van der Waals surface area contributed by atoms with Crippen molar-refractivity contribution in [1.82, 2.24) is 0 Å². The summed E-state index contributed by atoms with van der Waals surface area (Å²) >= 11 is 0. The molecule has 0 bridgehead atoms. The van der Waals surface area contributed by atoms with E-state index >= 15 is 0 Å². The molecule has 294 valence electrons. The van der Waals surface area contributed by atoms with Crippen molar-refractivity contribution in [1.29, 1.82) is 0 Å². The number of benzene rings is 3. The van der Waals surface area contributed by atoms with Gasteiger partial charge >= 0.3 is 0 Å². The van der Waals surface area contributed by atoms with Crippen molar-refractivity contribution in [2.45, 2.75) is 153 Å². The molecule has 3 heterocycles. The normalized spacial score (nSPS) is 30.6. The van der Waals surface area contributed by atoms with Crippen molar-refractivity contribution in [2.24, 2.45) is 5.92 Å². The van der Waals surface area contributed by atoms with Gasteiger partial charge in [-0.2, -0.15) is 0 Å². The number of rotatable bonds is 13. The molecule has 7 nitrogen and oxygen atoms in total. The molecule has 0 N–H and O–H groups in total. The van der Waals surface area contributed by atoms with E-state index in [1.807, 2.05) is 30.3 Å². The van der Waals surface area contributed by atoms with E-state index in [0.29, 0.717) is 57.4 Å². The Balaban J connectivity index is 1.27. The predicted molar refractivity (Wildman–Crippen MR) is 216 cm³/mol. The molecule has 0 aliphatic carbocycles. The Bertz CT molecular complexity index is 1600. The zero-order chi connectivity index (χ0) is 38.3. The van der Waals surface area contributed by atoms with Crippen LogP contribution in [0.3, 0.4) is 0 Å². The summed E-state index contributed by atoms with van der Waals surface area (Å²) in [6, 6.07) is 31.0. The van der Waals surface area contributed by atoms with Crippen LogP contribution in [0.5, 0.6) is 0 Å². The van der Waals surface area contributed by atoms with Gasteiger partial charge in [0, 0.05) is 19.4 Å². The van der Waals surface area contributed by atoms with Crippen LogP contribution in [0.4, 0.5) is 0 Å². The molecule has 0 unspecified atom stereocenters. The quantitative estimate of drug-likeness (QED) is 0.127. The van der Waals surface area contributed by atoms with E-state index in [1.165, 1.54) is 0 Å². The van der Waals surface area contributed by atoms with Crippen molar-refractivity contribution in [3.05, 3.63) is 120 Å².